The molecule has 0 bridgehead atoms. The number of aryl methyl sites for hydroxylation is 2. The highest BCUT2D eigenvalue weighted by Gasteiger charge is 2.03. The summed E-state index contributed by atoms with van der Waals surface area (Å²) < 4.78 is 1.97. The van der Waals surface area contributed by atoms with Gasteiger partial charge in [0.2, 0.25) is 0 Å². The molecule has 2 aromatic heterocycles. The predicted molar refractivity (Wildman–Crippen MR) is 47.7 cm³/mol. The zero-order valence-electron chi connectivity index (χ0n) is 7.07. The van der Waals surface area contributed by atoms with Gasteiger partial charge in [-0.2, -0.15) is 0 Å². The van der Waals surface area contributed by atoms with E-state index in [0.717, 1.165) is 17.0 Å². The van der Waals surface area contributed by atoms with E-state index >= 15 is 0 Å². The van der Waals surface area contributed by atoms with Crippen molar-refractivity contribution in [2.75, 3.05) is 5.73 Å². The fourth-order valence-electron chi connectivity index (χ4n) is 1.20. The molecule has 0 atom stereocenters. The molecule has 62 valence electrons. The maximum atomic E-state index is 5.60. The van der Waals surface area contributed by atoms with Crippen molar-refractivity contribution in [3.63, 3.8) is 0 Å². The number of imidazole rings is 1. The second-order valence-electron chi connectivity index (χ2n) is 2.83. The zero-order valence-corrected chi connectivity index (χ0v) is 7.07. The van der Waals surface area contributed by atoms with Crippen LogP contribution in [0.15, 0.2) is 12.3 Å². The molecule has 0 aromatic carbocycles. The van der Waals surface area contributed by atoms with E-state index in [1.807, 2.05) is 24.6 Å². The number of nitrogens with zero attached hydrogens (tertiary/aromatic N) is 3. The van der Waals surface area contributed by atoms with Crippen LogP contribution in [0, 0.1) is 6.92 Å². The van der Waals surface area contributed by atoms with Crippen molar-refractivity contribution in [3.8, 4) is 0 Å². The normalized spacial score (nSPS) is 10.8. The minimum absolute atomic E-state index is 0.672. The quantitative estimate of drug-likeness (QED) is 0.625. The molecule has 0 unspecified atom stereocenters. The Kier molecular flexibility index (Phi) is 1.30. The highest BCUT2D eigenvalue weighted by atomic mass is 15.1. The molecule has 0 spiro atoms. The summed E-state index contributed by atoms with van der Waals surface area (Å²) in [5.41, 5.74) is 8.00. The summed E-state index contributed by atoms with van der Waals surface area (Å²) in [7, 11) is 1.95. The van der Waals surface area contributed by atoms with Crippen LogP contribution < -0.4 is 5.73 Å². The number of fused-ring (bicyclic) bond motifs is 1. The number of nitrogens with two attached hydrogens (primary N) is 1. The number of rotatable bonds is 0. The van der Waals surface area contributed by atoms with Gasteiger partial charge < -0.3 is 10.3 Å². The maximum Gasteiger partial charge on any atom is 0.178 e. The molecular formula is C8H10N4. The minimum Gasteiger partial charge on any atom is -0.397 e. The van der Waals surface area contributed by atoms with Crippen LogP contribution in [0.5, 0.6) is 0 Å². The predicted octanol–water partition coefficient (Wildman–Crippen LogP) is 0.859. The lowest BCUT2D eigenvalue weighted by atomic mass is 10.4. The molecule has 0 aliphatic rings. The summed E-state index contributed by atoms with van der Waals surface area (Å²) in [5.74, 6) is 0.947. The second-order valence-corrected chi connectivity index (χ2v) is 2.83. The number of hydrogen-bond acceptors (Lipinski definition) is 3. The van der Waals surface area contributed by atoms with E-state index < -0.39 is 0 Å². The number of nitrogen functional groups attached to an aromatic ring is 1. The van der Waals surface area contributed by atoms with Gasteiger partial charge in [-0.3, -0.25) is 0 Å². The Morgan fingerprint density at radius 2 is 2.25 bits per heavy atom. The molecule has 2 rings (SSSR count). The molecule has 2 N–H and O–H groups in total. The maximum absolute atomic E-state index is 5.60. The molecular weight excluding hydrogens is 152 g/mol. The van der Waals surface area contributed by atoms with Gasteiger partial charge in [0.05, 0.1) is 17.4 Å². The topological polar surface area (TPSA) is 56.7 Å². The molecule has 0 amide bonds. The summed E-state index contributed by atoms with van der Waals surface area (Å²) in [5, 5.41) is 0. The molecule has 12 heavy (non-hydrogen) atoms. The molecule has 2 heterocycles. The third kappa shape index (κ3) is 0.845. The fourth-order valence-corrected chi connectivity index (χ4v) is 1.20. The van der Waals surface area contributed by atoms with Gasteiger partial charge in [-0.1, -0.05) is 0 Å². The summed E-state index contributed by atoms with van der Waals surface area (Å²) in [6, 6.07) is 1.88. The highest BCUT2D eigenvalue weighted by Crippen LogP contribution is 2.14. The Morgan fingerprint density at radius 3 is 3.00 bits per heavy atom. The Morgan fingerprint density at radius 1 is 1.50 bits per heavy atom. The van der Waals surface area contributed by atoms with Crippen molar-refractivity contribution >= 4 is 16.9 Å². The summed E-state index contributed by atoms with van der Waals surface area (Å²) >= 11 is 0. The first kappa shape index (κ1) is 7.09. The van der Waals surface area contributed by atoms with E-state index in [9.17, 15) is 0 Å². The second kappa shape index (κ2) is 2.20. The lowest BCUT2D eigenvalue weighted by molar-refractivity contribution is 0.886. The Hall–Kier alpha value is -1.58. The van der Waals surface area contributed by atoms with Crippen molar-refractivity contribution in [3.05, 3.63) is 18.1 Å². The smallest absolute Gasteiger partial charge is 0.178 e. The van der Waals surface area contributed by atoms with Crippen LogP contribution in [-0.4, -0.2) is 14.5 Å². The largest absolute Gasteiger partial charge is 0.397 e. The van der Waals surface area contributed by atoms with Gasteiger partial charge in [0, 0.05) is 7.05 Å². The third-order valence-corrected chi connectivity index (χ3v) is 1.98. The van der Waals surface area contributed by atoms with E-state index in [2.05, 4.69) is 9.97 Å². The van der Waals surface area contributed by atoms with Crippen molar-refractivity contribution in [1.29, 1.82) is 0 Å². The van der Waals surface area contributed by atoms with Gasteiger partial charge in [-0.05, 0) is 13.0 Å². The first-order valence-corrected chi connectivity index (χ1v) is 3.73. The first-order valence-electron chi connectivity index (χ1n) is 3.73. The Labute approximate surface area is 70.0 Å². The van der Waals surface area contributed by atoms with E-state index in [1.165, 1.54) is 0 Å². The monoisotopic (exact) mass is 162 g/mol. The van der Waals surface area contributed by atoms with Crippen molar-refractivity contribution in [2.24, 2.45) is 7.05 Å². The van der Waals surface area contributed by atoms with Gasteiger partial charge in [0.1, 0.15) is 5.82 Å². The van der Waals surface area contributed by atoms with Crippen molar-refractivity contribution < 1.29 is 0 Å². The molecule has 2 aromatic rings. The number of anilines is 1. The number of hydrogen-bond donors (Lipinski definition) is 1. The Bertz CT molecular complexity index is 430. The minimum atomic E-state index is 0.672. The summed E-state index contributed by atoms with van der Waals surface area (Å²) in [6.45, 7) is 1.94. The molecule has 0 aliphatic carbocycles. The van der Waals surface area contributed by atoms with Crippen molar-refractivity contribution in [2.45, 2.75) is 6.92 Å². The molecule has 0 saturated heterocycles. The van der Waals surface area contributed by atoms with E-state index in [-0.39, 0.29) is 0 Å². The summed E-state index contributed by atoms with van der Waals surface area (Å²) in [4.78, 5) is 8.36. The van der Waals surface area contributed by atoms with Gasteiger partial charge >= 0.3 is 0 Å². The molecule has 0 radical (unpaired) electrons. The molecule has 0 aliphatic heterocycles. The SMILES string of the molecule is Cc1nc2ncc(N)cc2n1C. The van der Waals surface area contributed by atoms with Gasteiger partial charge in [-0.15, -0.1) is 0 Å². The molecule has 0 fully saturated rings. The third-order valence-electron chi connectivity index (χ3n) is 1.98. The van der Waals surface area contributed by atoms with Crippen LogP contribution in [0.4, 0.5) is 5.69 Å². The highest BCUT2D eigenvalue weighted by molar-refractivity contribution is 5.74. The van der Waals surface area contributed by atoms with Crippen LogP contribution in [0.3, 0.4) is 0 Å². The molecule has 0 saturated carbocycles. The van der Waals surface area contributed by atoms with Gasteiger partial charge in [0.15, 0.2) is 5.65 Å². The van der Waals surface area contributed by atoms with Crippen LogP contribution >= 0.6 is 0 Å². The summed E-state index contributed by atoms with van der Waals surface area (Å²) in [6.07, 6.45) is 1.62. The average molecular weight is 162 g/mol. The van der Waals surface area contributed by atoms with Crippen LogP contribution in [0.2, 0.25) is 0 Å². The standard InChI is InChI=1S/C8H10N4/c1-5-11-8-7(12(5)2)3-6(9)4-10-8/h3-4H,9H2,1-2H3. The van der Waals surface area contributed by atoms with E-state index in [4.69, 9.17) is 5.73 Å². The van der Waals surface area contributed by atoms with Crippen LogP contribution in [-0.2, 0) is 7.05 Å². The van der Waals surface area contributed by atoms with Crippen LogP contribution in [0.25, 0.3) is 11.2 Å². The fraction of sp³-hybridized carbons (Fsp3) is 0.250. The average Bonchev–Trinajstić information content (AvgIpc) is 2.31. The van der Waals surface area contributed by atoms with Crippen molar-refractivity contribution in [1.82, 2.24) is 14.5 Å². The van der Waals surface area contributed by atoms with Gasteiger partial charge in [-0.25, -0.2) is 9.97 Å². The number of pyridine rings is 1. The lowest BCUT2D eigenvalue weighted by Crippen LogP contribution is -1.91. The number of aromatic nitrogens is 3. The molecule has 4 nitrogen and oxygen atoms in total. The zero-order chi connectivity index (χ0) is 8.72. The van der Waals surface area contributed by atoms with E-state index in [1.54, 1.807) is 6.20 Å². The van der Waals surface area contributed by atoms with E-state index in [0.29, 0.717) is 5.69 Å². The Balaban J connectivity index is 2.88. The van der Waals surface area contributed by atoms with Gasteiger partial charge in [0.25, 0.3) is 0 Å². The van der Waals surface area contributed by atoms with Crippen LogP contribution in [0.1, 0.15) is 5.82 Å². The lowest BCUT2D eigenvalue weighted by Gasteiger charge is -1.95. The molecule has 4 heteroatoms. The first-order chi connectivity index (χ1) is 5.68.